The molecule has 0 fully saturated rings. The largest absolute Gasteiger partial charge is 0.241 e. The summed E-state index contributed by atoms with van der Waals surface area (Å²) in [4.78, 5) is 0. The molecule has 1 aromatic carbocycles. The molecule has 1 atom stereocenters. The molecule has 0 radical (unpaired) electrons. The molecule has 0 N–H and O–H groups in total. The summed E-state index contributed by atoms with van der Waals surface area (Å²) in [5.41, 5.74) is 2.51. The van der Waals surface area contributed by atoms with Crippen LogP contribution in [-0.2, 0) is 0 Å². The highest BCUT2D eigenvalue weighted by Gasteiger charge is 2.09. The van der Waals surface area contributed by atoms with Gasteiger partial charge in [-0.1, -0.05) is 32.9 Å². The van der Waals surface area contributed by atoms with Crippen molar-refractivity contribution in [2.24, 2.45) is 5.92 Å². The third kappa shape index (κ3) is 2.16. The Labute approximate surface area is 96.9 Å². The van der Waals surface area contributed by atoms with Crippen molar-refractivity contribution in [3.05, 3.63) is 48.3 Å². The van der Waals surface area contributed by atoms with Gasteiger partial charge in [0.25, 0.3) is 0 Å². The van der Waals surface area contributed by atoms with Gasteiger partial charge in [-0.25, -0.2) is 4.68 Å². The standard InChI is InChI=1S/C14H18N2/c1-11(2)12(3)13-5-7-14(8-6-13)16-10-4-9-15-16/h4-12H,1-3H3. The van der Waals surface area contributed by atoms with Crippen molar-refractivity contribution in [2.45, 2.75) is 26.7 Å². The zero-order valence-electron chi connectivity index (χ0n) is 10.1. The fourth-order valence-corrected chi connectivity index (χ4v) is 1.74. The lowest BCUT2D eigenvalue weighted by Gasteiger charge is -2.16. The van der Waals surface area contributed by atoms with Crippen LogP contribution < -0.4 is 0 Å². The maximum absolute atomic E-state index is 4.21. The van der Waals surface area contributed by atoms with Crippen molar-refractivity contribution in [3.63, 3.8) is 0 Å². The average molecular weight is 214 g/mol. The van der Waals surface area contributed by atoms with Gasteiger partial charge in [0, 0.05) is 12.4 Å². The Balaban J connectivity index is 2.23. The van der Waals surface area contributed by atoms with Crippen molar-refractivity contribution < 1.29 is 0 Å². The predicted octanol–water partition coefficient (Wildman–Crippen LogP) is 3.63. The van der Waals surface area contributed by atoms with Crippen molar-refractivity contribution in [1.82, 2.24) is 9.78 Å². The highest BCUT2D eigenvalue weighted by molar-refractivity contribution is 5.35. The molecule has 0 saturated carbocycles. The van der Waals surface area contributed by atoms with Crippen LogP contribution in [-0.4, -0.2) is 9.78 Å². The first-order chi connectivity index (χ1) is 7.68. The lowest BCUT2D eigenvalue weighted by atomic mass is 9.90. The van der Waals surface area contributed by atoms with Crippen LogP contribution in [0.3, 0.4) is 0 Å². The molecule has 1 unspecified atom stereocenters. The minimum absolute atomic E-state index is 0.603. The number of rotatable bonds is 3. The Hall–Kier alpha value is -1.57. The van der Waals surface area contributed by atoms with E-state index in [0.717, 1.165) is 5.69 Å². The number of nitrogens with zero attached hydrogens (tertiary/aromatic N) is 2. The zero-order chi connectivity index (χ0) is 11.5. The Kier molecular flexibility index (Phi) is 3.09. The number of benzene rings is 1. The lowest BCUT2D eigenvalue weighted by molar-refractivity contribution is 0.535. The van der Waals surface area contributed by atoms with Gasteiger partial charge < -0.3 is 0 Å². The van der Waals surface area contributed by atoms with Crippen LogP contribution >= 0.6 is 0 Å². The molecule has 1 aromatic heterocycles. The van der Waals surface area contributed by atoms with Gasteiger partial charge >= 0.3 is 0 Å². The van der Waals surface area contributed by atoms with Crippen LogP contribution in [0.1, 0.15) is 32.3 Å². The number of hydrogen-bond donors (Lipinski definition) is 0. The van der Waals surface area contributed by atoms with Gasteiger partial charge in [0.2, 0.25) is 0 Å². The van der Waals surface area contributed by atoms with Gasteiger partial charge in [-0.05, 0) is 35.6 Å². The highest BCUT2D eigenvalue weighted by atomic mass is 15.3. The summed E-state index contributed by atoms with van der Waals surface area (Å²) in [6.07, 6.45) is 3.76. The topological polar surface area (TPSA) is 17.8 Å². The molecular formula is C14H18N2. The van der Waals surface area contributed by atoms with Crippen LogP contribution in [0.2, 0.25) is 0 Å². The molecule has 0 saturated heterocycles. The molecule has 0 amide bonds. The van der Waals surface area contributed by atoms with Gasteiger partial charge in [0.1, 0.15) is 0 Å². The number of hydrogen-bond acceptors (Lipinski definition) is 1. The third-order valence-corrected chi connectivity index (χ3v) is 3.19. The van der Waals surface area contributed by atoms with E-state index < -0.39 is 0 Å². The number of aromatic nitrogens is 2. The van der Waals surface area contributed by atoms with Crippen LogP contribution in [0.15, 0.2) is 42.7 Å². The molecule has 2 rings (SSSR count). The maximum atomic E-state index is 4.21. The predicted molar refractivity (Wildman–Crippen MR) is 66.8 cm³/mol. The molecule has 84 valence electrons. The minimum atomic E-state index is 0.603. The fourth-order valence-electron chi connectivity index (χ4n) is 1.74. The van der Waals surface area contributed by atoms with Crippen LogP contribution in [0.5, 0.6) is 0 Å². The van der Waals surface area contributed by atoms with Crippen molar-refractivity contribution in [1.29, 1.82) is 0 Å². The van der Waals surface area contributed by atoms with E-state index in [1.54, 1.807) is 6.20 Å². The van der Waals surface area contributed by atoms with Crippen LogP contribution in [0, 0.1) is 5.92 Å². The molecule has 0 spiro atoms. The van der Waals surface area contributed by atoms with Gasteiger partial charge in [-0.15, -0.1) is 0 Å². The second-order valence-electron chi connectivity index (χ2n) is 4.57. The molecule has 0 aliphatic rings. The summed E-state index contributed by atoms with van der Waals surface area (Å²) >= 11 is 0. The first-order valence-corrected chi connectivity index (χ1v) is 5.78. The quantitative estimate of drug-likeness (QED) is 0.762. The molecule has 0 aliphatic carbocycles. The third-order valence-electron chi connectivity index (χ3n) is 3.19. The SMILES string of the molecule is CC(C)C(C)c1ccc(-n2cccn2)cc1. The van der Waals surface area contributed by atoms with Crippen LogP contribution in [0.25, 0.3) is 5.69 Å². The van der Waals surface area contributed by atoms with Gasteiger partial charge in [0.15, 0.2) is 0 Å². The molecule has 16 heavy (non-hydrogen) atoms. The summed E-state index contributed by atoms with van der Waals surface area (Å²) in [6, 6.07) is 10.6. The first kappa shape index (κ1) is 10.9. The highest BCUT2D eigenvalue weighted by Crippen LogP contribution is 2.24. The second-order valence-corrected chi connectivity index (χ2v) is 4.57. The first-order valence-electron chi connectivity index (χ1n) is 5.78. The van der Waals surface area contributed by atoms with Gasteiger partial charge in [-0.2, -0.15) is 5.10 Å². The van der Waals surface area contributed by atoms with E-state index in [1.165, 1.54) is 5.56 Å². The van der Waals surface area contributed by atoms with E-state index in [4.69, 9.17) is 0 Å². The minimum Gasteiger partial charge on any atom is -0.241 e. The summed E-state index contributed by atoms with van der Waals surface area (Å²) in [6.45, 7) is 6.78. The Morgan fingerprint density at radius 2 is 1.75 bits per heavy atom. The van der Waals surface area contributed by atoms with E-state index in [-0.39, 0.29) is 0 Å². The van der Waals surface area contributed by atoms with Gasteiger partial charge in [0.05, 0.1) is 5.69 Å². The fraction of sp³-hybridized carbons (Fsp3) is 0.357. The average Bonchev–Trinajstić information content (AvgIpc) is 2.81. The van der Waals surface area contributed by atoms with Crippen LogP contribution in [0.4, 0.5) is 0 Å². The second kappa shape index (κ2) is 4.52. The van der Waals surface area contributed by atoms with E-state index in [9.17, 15) is 0 Å². The van der Waals surface area contributed by atoms with Crippen molar-refractivity contribution in [3.8, 4) is 5.69 Å². The Morgan fingerprint density at radius 1 is 1.06 bits per heavy atom. The monoisotopic (exact) mass is 214 g/mol. The van der Waals surface area contributed by atoms with E-state index >= 15 is 0 Å². The summed E-state index contributed by atoms with van der Waals surface area (Å²) in [7, 11) is 0. The Morgan fingerprint density at radius 3 is 2.25 bits per heavy atom. The molecule has 2 heteroatoms. The molecule has 1 heterocycles. The van der Waals surface area contributed by atoms with Crippen molar-refractivity contribution >= 4 is 0 Å². The Bertz CT molecular complexity index is 426. The summed E-state index contributed by atoms with van der Waals surface area (Å²) in [5.74, 6) is 1.28. The van der Waals surface area contributed by atoms with Gasteiger partial charge in [-0.3, -0.25) is 0 Å². The summed E-state index contributed by atoms with van der Waals surface area (Å²) in [5, 5.41) is 4.21. The summed E-state index contributed by atoms with van der Waals surface area (Å²) < 4.78 is 1.88. The molecule has 2 nitrogen and oxygen atoms in total. The zero-order valence-corrected chi connectivity index (χ0v) is 10.1. The molecular weight excluding hydrogens is 196 g/mol. The normalized spacial score (nSPS) is 13.0. The lowest BCUT2D eigenvalue weighted by Crippen LogP contribution is -2.02. The maximum Gasteiger partial charge on any atom is 0.0645 e. The molecule has 0 bridgehead atoms. The molecule has 2 aromatic rings. The molecule has 0 aliphatic heterocycles. The van der Waals surface area contributed by atoms with E-state index in [2.05, 4.69) is 50.1 Å². The van der Waals surface area contributed by atoms with E-state index in [0.29, 0.717) is 11.8 Å². The smallest absolute Gasteiger partial charge is 0.0645 e. The van der Waals surface area contributed by atoms with E-state index in [1.807, 2.05) is 16.9 Å². The van der Waals surface area contributed by atoms with Crippen molar-refractivity contribution in [2.75, 3.05) is 0 Å².